The van der Waals surface area contributed by atoms with Gasteiger partial charge in [0.2, 0.25) is 11.3 Å². The lowest BCUT2D eigenvalue weighted by Gasteiger charge is -2.30. The minimum absolute atomic E-state index is 0.186. The van der Waals surface area contributed by atoms with Crippen molar-refractivity contribution in [2.45, 2.75) is 82.5 Å². The zero-order chi connectivity index (χ0) is 25.9. The van der Waals surface area contributed by atoms with Crippen molar-refractivity contribution >= 4 is 28.9 Å². The fourth-order valence-electron chi connectivity index (χ4n) is 6.92. The van der Waals surface area contributed by atoms with Gasteiger partial charge in [-0.15, -0.1) is 0 Å². The molecule has 10 nitrogen and oxygen atoms in total. The van der Waals surface area contributed by atoms with Crippen LogP contribution in [0, 0.1) is 40.4 Å². The molecule has 1 aromatic rings. The van der Waals surface area contributed by atoms with Gasteiger partial charge in [0, 0.05) is 5.69 Å². The number of anilines is 1. The number of carbonyl (C=O) groups is 1. The zero-order valence-electron chi connectivity index (χ0n) is 20.8. The van der Waals surface area contributed by atoms with E-state index >= 15 is 0 Å². The Morgan fingerprint density at radius 2 is 1.57 bits per heavy atom. The molecule has 3 atom stereocenters. The van der Waals surface area contributed by atoms with Crippen LogP contribution < -0.4 is 11.1 Å². The van der Waals surface area contributed by atoms with Gasteiger partial charge in [-0.25, -0.2) is 0 Å². The van der Waals surface area contributed by atoms with E-state index in [2.05, 4.69) is 32.8 Å². The number of nitrogens with zero attached hydrogens (tertiary/aromatic N) is 5. The Kier molecular flexibility index (Phi) is 5.10. The van der Waals surface area contributed by atoms with E-state index in [1.165, 1.54) is 0 Å². The van der Waals surface area contributed by atoms with Crippen LogP contribution in [-0.2, 0) is 19.9 Å². The Labute approximate surface area is 215 Å². The van der Waals surface area contributed by atoms with E-state index in [1.54, 1.807) is 6.07 Å². The Bertz CT molecular complexity index is 1320. The van der Waals surface area contributed by atoms with Crippen LogP contribution in [0.25, 0.3) is 0 Å². The highest BCUT2D eigenvalue weighted by Gasteiger charge is 3.07. The van der Waals surface area contributed by atoms with E-state index in [0.29, 0.717) is 11.3 Å². The molecule has 10 heteroatoms. The Morgan fingerprint density at radius 3 is 2.11 bits per heavy atom. The first-order chi connectivity index (χ1) is 17.9. The smallest absolute Gasteiger partial charge is 0.386 e. The summed E-state index contributed by atoms with van der Waals surface area (Å²) >= 11 is 0. The summed E-state index contributed by atoms with van der Waals surface area (Å²) in [5.41, 5.74) is 4.57. The lowest BCUT2D eigenvalue weighted by molar-refractivity contribution is -0.263. The highest BCUT2D eigenvalue weighted by Crippen LogP contribution is 2.87. The normalized spacial score (nSPS) is 32.8. The summed E-state index contributed by atoms with van der Waals surface area (Å²) in [4.78, 5) is 30.4. The second-order valence-electron chi connectivity index (χ2n) is 10.7. The molecule has 3 saturated carbocycles. The second kappa shape index (κ2) is 8.04. The third-order valence-corrected chi connectivity index (χ3v) is 8.71. The fraction of sp³-hybridized carbons (Fsp3) is 0.556. The number of hydrogen-bond acceptors (Lipinski definition) is 9. The minimum atomic E-state index is -2.20. The number of aryl methyl sites for hydroxylation is 1. The van der Waals surface area contributed by atoms with Gasteiger partial charge in [0.1, 0.15) is 11.3 Å². The first-order valence-corrected chi connectivity index (χ1v) is 13.0. The third kappa shape index (κ3) is 2.68. The molecule has 3 unspecified atom stereocenters. The van der Waals surface area contributed by atoms with E-state index in [0.717, 1.165) is 81.2 Å². The number of nitriles is 2. The van der Waals surface area contributed by atoms with Crippen LogP contribution in [0.2, 0.25) is 0 Å². The van der Waals surface area contributed by atoms with E-state index in [1.807, 2.05) is 19.1 Å². The number of fused-ring (bicyclic) bond motifs is 5. The lowest BCUT2D eigenvalue weighted by Crippen LogP contribution is -2.47. The van der Waals surface area contributed by atoms with Crippen molar-refractivity contribution < 1.29 is 14.5 Å². The van der Waals surface area contributed by atoms with Crippen LogP contribution in [-0.4, -0.2) is 29.1 Å². The summed E-state index contributed by atoms with van der Waals surface area (Å²) in [6.45, 7) is 1.88. The average molecular weight is 500 g/mol. The van der Waals surface area contributed by atoms with E-state index in [4.69, 9.17) is 15.4 Å². The van der Waals surface area contributed by atoms with Gasteiger partial charge in [-0.3, -0.25) is 4.79 Å². The third-order valence-electron chi connectivity index (χ3n) is 8.71. The number of hydrogen-bond donors (Lipinski definition) is 2. The summed E-state index contributed by atoms with van der Waals surface area (Å²) in [6, 6.07) is 9.91. The lowest BCUT2D eigenvalue weighted by atomic mass is 9.83. The predicted molar refractivity (Wildman–Crippen MR) is 135 cm³/mol. The highest BCUT2D eigenvalue weighted by atomic mass is 16.8. The van der Waals surface area contributed by atoms with Crippen molar-refractivity contribution in [1.29, 1.82) is 10.5 Å². The van der Waals surface area contributed by atoms with Gasteiger partial charge < -0.3 is 20.7 Å². The maximum absolute atomic E-state index is 13.8. The van der Waals surface area contributed by atoms with Crippen LogP contribution in [0.15, 0.2) is 33.5 Å². The number of aliphatic imine (C=N–C) groups is 1. The van der Waals surface area contributed by atoms with Crippen LogP contribution in [0.4, 0.5) is 5.69 Å². The summed E-state index contributed by atoms with van der Waals surface area (Å²) in [5, 5.41) is 33.1. The number of oxime groups is 2. The van der Waals surface area contributed by atoms with Gasteiger partial charge >= 0.3 is 5.91 Å². The van der Waals surface area contributed by atoms with Crippen molar-refractivity contribution in [3.05, 3.63) is 29.3 Å². The van der Waals surface area contributed by atoms with Crippen LogP contribution in [0.1, 0.15) is 75.3 Å². The Balaban J connectivity index is 1.55. The number of amidine groups is 1. The van der Waals surface area contributed by atoms with Gasteiger partial charge in [-0.05, 0) is 69.9 Å². The van der Waals surface area contributed by atoms with Gasteiger partial charge in [-0.2, -0.15) is 15.5 Å². The highest BCUT2D eigenvalue weighted by molar-refractivity contribution is 6.20. The van der Waals surface area contributed by atoms with Crippen LogP contribution in [0.5, 0.6) is 0 Å². The molecule has 5 aliphatic rings. The summed E-state index contributed by atoms with van der Waals surface area (Å²) in [6.07, 6.45) is 9.14. The molecule has 0 radical (unpaired) electrons. The molecule has 2 aliphatic heterocycles. The monoisotopic (exact) mass is 499 g/mol. The molecule has 3 N–H and O–H groups in total. The van der Waals surface area contributed by atoms with Crippen molar-refractivity contribution in [2.24, 2.45) is 31.9 Å². The SMILES string of the molecule is Cc1ccc2c(c1)C1(C(=O)N2)C2(C#N)C(N)=NC(ON=C3CCCCC3)(ON=C3CCCCC3)C21C#N. The quantitative estimate of drug-likeness (QED) is 0.472. The van der Waals surface area contributed by atoms with Crippen LogP contribution >= 0.6 is 0 Å². The molecular weight excluding hydrogens is 470 g/mol. The summed E-state index contributed by atoms with van der Waals surface area (Å²) in [5.74, 6) is -2.89. The topological polar surface area (TPSA) is 158 Å². The van der Waals surface area contributed by atoms with E-state index in [9.17, 15) is 15.3 Å². The van der Waals surface area contributed by atoms with Gasteiger partial charge in [0.15, 0.2) is 5.41 Å². The first kappa shape index (κ1) is 23.5. The summed E-state index contributed by atoms with van der Waals surface area (Å²) < 4.78 is 0. The molecule has 37 heavy (non-hydrogen) atoms. The van der Waals surface area contributed by atoms with Gasteiger partial charge in [0.25, 0.3) is 0 Å². The maximum atomic E-state index is 13.8. The van der Waals surface area contributed by atoms with Crippen LogP contribution in [0.3, 0.4) is 0 Å². The largest absolute Gasteiger partial charge is 0.422 e. The summed E-state index contributed by atoms with van der Waals surface area (Å²) in [7, 11) is 0. The molecule has 190 valence electrons. The Hall–Kier alpha value is -3.92. The molecule has 1 aromatic carbocycles. The molecule has 0 aromatic heterocycles. The molecular formula is C27H29N7O3. The molecule has 3 aliphatic carbocycles. The number of benzene rings is 1. The number of amides is 1. The molecule has 0 bridgehead atoms. The zero-order valence-corrected chi connectivity index (χ0v) is 20.8. The number of nitrogens with two attached hydrogens (primary N) is 1. The number of carbonyl (C=O) groups excluding carboxylic acids is 1. The minimum Gasteiger partial charge on any atom is -0.386 e. The molecule has 3 fully saturated rings. The Morgan fingerprint density at radius 1 is 0.973 bits per heavy atom. The van der Waals surface area contributed by atoms with Gasteiger partial charge in [-0.1, -0.05) is 40.8 Å². The molecule has 6 rings (SSSR count). The van der Waals surface area contributed by atoms with Crippen molar-refractivity contribution in [2.75, 3.05) is 5.32 Å². The van der Waals surface area contributed by atoms with E-state index in [-0.39, 0.29) is 5.84 Å². The second-order valence-corrected chi connectivity index (χ2v) is 10.7. The van der Waals surface area contributed by atoms with Crippen molar-refractivity contribution in [3.8, 4) is 12.1 Å². The van der Waals surface area contributed by atoms with Gasteiger partial charge in [0.05, 0.1) is 23.6 Å². The number of rotatable bonds is 4. The van der Waals surface area contributed by atoms with Crippen molar-refractivity contribution in [3.63, 3.8) is 0 Å². The number of nitrogens with one attached hydrogen (secondary N) is 1. The standard InChI is InChI=1S/C27H29N7O3/c1-17-12-13-21-20(14-17)26(23(35)31-21)24(15-28)22(30)32-27(25(24,26)16-29,36-33-18-8-4-2-5-9-18)37-34-19-10-6-3-7-11-19/h12-14H,2-11H2,1H3,(H2,30,32)(H,31,35). The van der Waals surface area contributed by atoms with E-state index < -0.39 is 28.1 Å². The predicted octanol–water partition coefficient (Wildman–Crippen LogP) is 3.92. The molecule has 2 heterocycles. The average Bonchev–Trinajstić information content (AvgIpc) is 3.29. The molecule has 1 amide bonds. The maximum Gasteiger partial charge on any atom is 0.422 e. The molecule has 0 saturated heterocycles. The molecule has 1 spiro atoms. The fourth-order valence-corrected chi connectivity index (χ4v) is 6.92. The van der Waals surface area contributed by atoms with Crippen molar-refractivity contribution in [1.82, 2.24) is 0 Å². The first-order valence-electron chi connectivity index (χ1n) is 13.0.